The average molecular weight is 355 g/mol. The highest BCUT2D eigenvalue weighted by Crippen LogP contribution is 2.53. The Morgan fingerprint density at radius 3 is 2.88 bits per heavy atom. The van der Waals surface area contributed by atoms with Crippen LogP contribution in [0.3, 0.4) is 0 Å². The average Bonchev–Trinajstić information content (AvgIpc) is 3.07. The number of likely N-dealkylation sites (N-methyl/N-ethyl adjacent to an activating group) is 1. The molecule has 138 valence electrons. The number of aryl methyl sites for hydroxylation is 1. The van der Waals surface area contributed by atoms with Crippen LogP contribution in [0.5, 0.6) is 0 Å². The number of fused-ring (bicyclic) bond motifs is 2. The van der Waals surface area contributed by atoms with Crippen LogP contribution < -0.4 is 0 Å². The molecule has 0 unspecified atom stereocenters. The van der Waals surface area contributed by atoms with E-state index in [9.17, 15) is 9.18 Å². The van der Waals surface area contributed by atoms with Crippen LogP contribution in [0, 0.1) is 18.2 Å². The molecule has 5 heteroatoms. The molecule has 5 rings (SSSR count). The standard InChI is InChI=1S/C21H26FN3O/c1-12-15-9-13(22)7-8-16(15)23-19(12)20(26)25-11-14-10-21(2)17(24(14)3)5-4-6-18(21)25/h7-9,14,17-18,23H,4-6,10-11H2,1-3H3/t14-,17-,18+,21-/m0/s1. The Hall–Kier alpha value is -1.88. The number of hydrogen-bond acceptors (Lipinski definition) is 2. The summed E-state index contributed by atoms with van der Waals surface area (Å²) in [6, 6.07) is 6.02. The van der Waals surface area contributed by atoms with E-state index < -0.39 is 0 Å². The van der Waals surface area contributed by atoms with Crippen LogP contribution in [0.4, 0.5) is 4.39 Å². The van der Waals surface area contributed by atoms with Crippen molar-refractivity contribution in [2.75, 3.05) is 13.6 Å². The van der Waals surface area contributed by atoms with Crippen LogP contribution in [0.1, 0.15) is 48.7 Å². The van der Waals surface area contributed by atoms with Crippen molar-refractivity contribution >= 4 is 16.8 Å². The molecule has 3 fully saturated rings. The molecule has 1 N–H and O–H groups in total. The van der Waals surface area contributed by atoms with Crippen molar-refractivity contribution in [2.24, 2.45) is 5.41 Å². The lowest BCUT2D eigenvalue weighted by Crippen LogP contribution is -2.57. The summed E-state index contributed by atoms with van der Waals surface area (Å²) in [4.78, 5) is 21.4. The Morgan fingerprint density at radius 2 is 2.08 bits per heavy atom. The summed E-state index contributed by atoms with van der Waals surface area (Å²) in [7, 11) is 2.23. The molecule has 4 atom stereocenters. The third-order valence-corrected chi connectivity index (χ3v) is 7.50. The SMILES string of the molecule is Cc1c(C(=O)N2C[C@@H]3C[C@@]4(C)[C@H](CCC[C@@H]24)N3C)[nH]c2ccc(F)cc12. The summed E-state index contributed by atoms with van der Waals surface area (Å²) >= 11 is 0. The highest BCUT2D eigenvalue weighted by molar-refractivity contribution is 6.01. The molecule has 0 spiro atoms. The van der Waals surface area contributed by atoms with E-state index >= 15 is 0 Å². The van der Waals surface area contributed by atoms with Gasteiger partial charge >= 0.3 is 0 Å². The zero-order valence-electron chi connectivity index (χ0n) is 15.7. The number of rotatable bonds is 1. The molecule has 2 aromatic rings. The van der Waals surface area contributed by atoms with Crippen molar-refractivity contribution < 1.29 is 9.18 Å². The molecule has 0 radical (unpaired) electrons. The fraction of sp³-hybridized carbons (Fsp3) is 0.571. The van der Waals surface area contributed by atoms with Crippen molar-refractivity contribution in [3.05, 3.63) is 35.3 Å². The predicted octanol–water partition coefficient (Wildman–Crippen LogP) is 3.70. The Morgan fingerprint density at radius 1 is 1.31 bits per heavy atom. The number of carbonyl (C=O) groups is 1. The number of likely N-dealkylation sites (tertiary alicyclic amines) is 2. The van der Waals surface area contributed by atoms with Gasteiger partial charge in [-0.3, -0.25) is 9.69 Å². The summed E-state index contributed by atoms with van der Waals surface area (Å²) in [5.74, 6) is -0.185. The smallest absolute Gasteiger partial charge is 0.270 e. The number of aromatic nitrogens is 1. The molecule has 1 aromatic carbocycles. The molecule has 1 aromatic heterocycles. The number of aromatic amines is 1. The van der Waals surface area contributed by atoms with Gasteiger partial charge in [-0.05, 0) is 63.4 Å². The minimum Gasteiger partial charge on any atom is -0.350 e. The highest BCUT2D eigenvalue weighted by Gasteiger charge is 2.59. The second kappa shape index (κ2) is 5.32. The number of benzene rings is 1. The van der Waals surface area contributed by atoms with Crippen molar-refractivity contribution in [1.29, 1.82) is 0 Å². The van der Waals surface area contributed by atoms with Gasteiger partial charge in [0.15, 0.2) is 0 Å². The minimum absolute atomic E-state index is 0.0796. The first-order chi connectivity index (χ1) is 12.4. The largest absolute Gasteiger partial charge is 0.350 e. The highest BCUT2D eigenvalue weighted by atomic mass is 19.1. The molecule has 2 aliphatic heterocycles. The molecule has 2 saturated heterocycles. The monoisotopic (exact) mass is 355 g/mol. The summed E-state index contributed by atoms with van der Waals surface area (Å²) in [5, 5.41) is 0.804. The van der Waals surface area contributed by atoms with Gasteiger partial charge in [-0.15, -0.1) is 0 Å². The van der Waals surface area contributed by atoms with Gasteiger partial charge in [0.2, 0.25) is 0 Å². The quantitative estimate of drug-likeness (QED) is 0.847. The van der Waals surface area contributed by atoms with Crippen LogP contribution >= 0.6 is 0 Å². The van der Waals surface area contributed by atoms with E-state index in [1.807, 2.05) is 6.92 Å². The summed E-state index contributed by atoms with van der Waals surface area (Å²) in [5.41, 5.74) is 2.50. The minimum atomic E-state index is -0.265. The number of nitrogens with one attached hydrogen (secondary N) is 1. The third-order valence-electron chi connectivity index (χ3n) is 7.50. The van der Waals surface area contributed by atoms with Crippen molar-refractivity contribution in [2.45, 2.75) is 57.7 Å². The molecule has 1 amide bonds. The van der Waals surface area contributed by atoms with E-state index in [0.717, 1.165) is 29.4 Å². The predicted molar refractivity (Wildman–Crippen MR) is 99.7 cm³/mol. The van der Waals surface area contributed by atoms with Crippen molar-refractivity contribution in [3.8, 4) is 0 Å². The fourth-order valence-corrected chi connectivity index (χ4v) is 6.17. The molecule has 4 nitrogen and oxygen atoms in total. The Balaban J connectivity index is 1.56. The maximum atomic E-state index is 13.6. The van der Waals surface area contributed by atoms with Gasteiger partial charge in [-0.1, -0.05) is 6.92 Å². The number of piperidine rings is 1. The second-order valence-corrected chi connectivity index (χ2v) is 8.76. The summed E-state index contributed by atoms with van der Waals surface area (Å²) in [6.45, 7) is 5.10. The first-order valence-corrected chi connectivity index (χ1v) is 9.71. The second-order valence-electron chi connectivity index (χ2n) is 8.76. The van der Waals surface area contributed by atoms with Crippen LogP contribution in [0.2, 0.25) is 0 Å². The van der Waals surface area contributed by atoms with Gasteiger partial charge in [0, 0.05) is 41.0 Å². The maximum Gasteiger partial charge on any atom is 0.270 e. The van der Waals surface area contributed by atoms with E-state index in [1.54, 1.807) is 6.07 Å². The molecule has 3 heterocycles. The lowest BCUT2D eigenvalue weighted by atomic mass is 9.65. The van der Waals surface area contributed by atoms with Crippen molar-refractivity contribution in [1.82, 2.24) is 14.8 Å². The van der Waals surface area contributed by atoms with Gasteiger partial charge in [0.05, 0.1) is 0 Å². The Labute approximate surface area is 153 Å². The number of hydrogen-bond donors (Lipinski definition) is 1. The molecule has 26 heavy (non-hydrogen) atoms. The molecule has 3 aliphatic rings. The number of carbonyl (C=O) groups excluding carboxylic acids is 1. The van der Waals surface area contributed by atoms with Crippen LogP contribution in [-0.2, 0) is 0 Å². The fourth-order valence-electron chi connectivity index (χ4n) is 6.17. The van der Waals surface area contributed by atoms with Gasteiger partial charge in [-0.25, -0.2) is 4.39 Å². The van der Waals surface area contributed by atoms with E-state index in [4.69, 9.17) is 0 Å². The molecule has 2 bridgehead atoms. The number of halogens is 1. The number of amides is 1. The van der Waals surface area contributed by atoms with Gasteiger partial charge < -0.3 is 9.88 Å². The first-order valence-electron chi connectivity index (χ1n) is 9.71. The van der Waals surface area contributed by atoms with Crippen LogP contribution in [-0.4, -0.2) is 52.4 Å². The number of nitrogens with zero attached hydrogens (tertiary/aromatic N) is 2. The van der Waals surface area contributed by atoms with Gasteiger partial charge in [-0.2, -0.15) is 0 Å². The molecule has 1 aliphatic carbocycles. The molecular weight excluding hydrogens is 329 g/mol. The Bertz CT molecular complexity index is 906. The number of H-pyrrole nitrogens is 1. The topological polar surface area (TPSA) is 39.3 Å². The summed E-state index contributed by atoms with van der Waals surface area (Å²) < 4.78 is 13.6. The van der Waals surface area contributed by atoms with E-state index in [0.29, 0.717) is 23.8 Å². The van der Waals surface area contributed by atoms with E-state index in [2.05, 4.69) is 28.8 Å². The van der Waals surface area contributed by atoms with Crippen LogP contribution in [0.15, 0.2) is 18.2 Å². The lowest BCUT2D eigenvalue weighted by molar-refractivity contribution is 0.0113. The zero-order valence-corrected chi connectivity index (χ0v) is 15.7. The maximum absolute atomic E-state index is 13.6. The summed E-state index contributed by atoms with van der Waals surface area (Å²) in [6.07, 6.45) is 4.71. The normalized spacial score (nSPS) is 33.8. The van der Waals surface area contributed by atoms with Gasteiger partial charge in [0.25, 0.3) is 5.91 Å². The zero-order chi connectivity index (χ0) is 18.2. The molecule has 1 saturated carbocycles. The molecular formula is C21H26FN3O. The lowest BCUT2D eigenvalue weighted by Gasteiger charge is -2.50. The Kier molecular flexibility index (Phi) is 3.34. The van der Waals surface area contributed by atoms with E-state index in [1.165, 1.54) is 31.4 Å². The first kappa shape index (κ1) is 16.3. The van der Waals surface area contributed by atoms with Crippen LogP contribution in [0.25, 0.3) is 10.9 Å². The van der Waals surface area contributed by atoms with Crippen molar-refractivity contribution in [3.63, 3.8) is 0 Å². The van der Waals surface area contributed by atoms with Gasteiger partial charge in [0.1, 0.15) is 11.5 Å². The van der Waals surface area contributed by atoms with E-state index in [-0.39, 0.29) is 17.1 Å². The third kappa shape index (κ3) is 2.01.